The van der Waals surface area contributed by atoms with Crippen molar-refractivity contribution in [1.29, 1.82) is 0 Å². The summed E-state index contributed by atoms with van der Waals surface area (Å²) < 4.78 is 5.69. The van der Waals surface area contributed by atoms with Gasteiger partial charge in [0.15, 0.2) is 5.75 Å². The maximum atomic E-state index is 11.2. The molecule has 0 aliphatic carbocycles. The summed E-state index contributed by atoms with van der Waals surface area (Å²) in [5, 5.41) is 14.3. The number of hydrogen-bond donors (Lipinski definition) is 1. The Morgan fingerprint density at radius 3 is 2.68 bits per heavy atom. The zero-order chi connectivity index (χ0) is 14.3. The van der Waals surface area contributed by atoms with Crippen LogP contribution in [0, 0.1) is 10.1 Å². The molecule has 0 amide bonds. The SMILES string of the molecule is CCCNc1cccc(OC(C)CCC)c1[N+](=O)[O-]. The van der Waals surface area contributed by atoms with Crippen LogP contribution in [0.5, 0.6) is 5.75 Å². The van der Waals surface area contributed by atoms with Gasteiger partial charge < -0.3 is 10.1 Å². The van der Waals surface area contributed by atoms with Crippen molar-refractivity contribution < 1.29 is 9.66 Å². The number of rotatable bonds is 8. The van der Waals surface area contributed by atoms with E-state index >= 15 is 0 Å². The molecule has 1 atom stereocenters. The molecule has 0 saturated carbocycles. The number of para-hydroxylation sites is 1. The van der Waals surface area contributed by atoms with Gasteiger partial charge in [-0.25, -0.2) is 0 Å². The first-order valence-electron chi connectivity index (χ1n) is 6.78. The van der Waals surface area contributed by atoms with Crippen LogP contribution in [-0.2, 0) is 0 Å². The van der Waals surface area contributed by atoms with Gasteiger partial charge in [-0.1, -0.05) is 26.3 Å². The Balaban J connectivity index is 2.99. The van der Waals surface area contributed by atoms with E-state index in [4.69, 9.17) is 4.74 Å². The molecule has 0 spiro atoms. The average molecular weight is 266 g/mol. The molecule has 0 heterocycles. The molecule has 0 aliphatic heterocycles. The second kappa shape index (κ2) is 7.61. The lowest BCUT2D eigenvalue weighted by Gasteiger charge is -2.15. The van der Waals surface area contributed by atoms with E-state index in [-0.39, 0.29) is 16.7 Å². The van der Waals surface area contributed by atoms with Crippen molar-refractivity contribution in [3.63, 3.8) is 0 Å². The van der Waals surface area contributed by atoms with E-state index < -0.39 is 0 Å². The molecule has 19 heavy (non-hydrogen) atoms. The lowest BCUT2D eigenvalue weighted by Crippen LogP contribution is -2.13. The van der Waals surface area contributed by atoms with Crippen molar-refractivity contribution in [2.75, 3.05) is 11.9 Å². The highest BCUT2D eigenvalue weighted by atomic mass is 16.6. The number of benzene rings is 1. The van der Waals surface area contributed by atoms with E-state index in [0.717, 1.165) is 19.3 Å². The summed E-state index contributed by atoms with van der Waals surface area (Å²) >= 11 is 0. The maximum Gasteiger partial charge on any atom is 0.333 e. The number of nitrogens with one attached hydrogen (secondary N) is 1. The largest absolute Gasteiger partial charge is 0.484 e. The molecule has 1 aromatic rings. The molecule has 0 fully saturated rings. The fourth-order valence-corrected chi connectivity index (χ4v) is 1.89. The quantitative estimate of drug-likeness (QED) is 0.571. The van der Waals surface area contributed by atoms with Crippen LogP contribution in [0.25, 0.3) is 0 Å². The van der Waals surface area contributed by atoms with Gasteiger partial charge in [0.1, 0.15) is 5.69 Å². The molecule has 5 heteroatoms. The first-order chi connectivity index (χ1) is 9.10. The molecule has 1 N–H and O–H groups in total. The normalized spacial score (nSPS) is 11.9. The fourth-order valence-electron chi connectivity index (χ4n) is 1.89. The van der Waals surface area contributed by atoms with Crippen molar-refractivity contribution in [3.05, 3.63) is 28.3 Å². The highest BCUT2D eigenvalue weighted by Crippen LogP contribution is 2.35. The lowest BCUT2D eigenvalue weighted by atomic mass is 10.2. The zero-order valence-corrected chi connectivity index (χ0v) is 11.8. The van der Waals surface area contributed by atoms with E-state index in [1.54, 1.807) is 18.2 Å². The smallest absolute Gasteiger partial charge is 0.333 e. The Bertz CT molecular complexity index is 421. The van der Waals surface area contributed by atoms with E-state index in [1.165, 1.54) is 0 Å². The first-order valence-corrected chi connectivity index (χ1v) is 6.78. The minimum Gasteiger partial charge on any atom is -0.484 e. The topological polar surface area (TPSA) is 64.4 Å². The molecule has 1 aromatic carbocycles. The summed E-state index contributed by atoms with van der Waals surface area (Å²) in [5.41, 5.74) is 0.548. The Morgan fingerprint density at radius 1 is 1.37 bits per heavy atom. The van der Waals surface area contributed by atoms with Crippen molar-refractivity contribution in [2.45, 2.75) is 46.1 Å². The fraction of sp³-hybridized carbons (Fsp3) is 0.571. The van der Waals surface area contributed by atoms with Crippen LogP contribution < -0.4 is 10.1 Å². The van der Waals surface area contributed by atoms with Crippen LogP contribution in [0.1, 0.15) is 40.0 Å². The minimum atomic E-state index is -0.383. The van der Waals surface area contributed by atoms with Crippen molar-refractivity contribution in [2.24, 2.45) is 0 Å². The third-order valence-electron chi connectivity index (χ3n) is 2.77. The van der Waals surface area contributed by atoms with Gasteiger partial charge in [-0.3, -0.25) is 10.1 Å². The van der Waals surface area contributed by atoms with Crippen LogP contribution in [0.3, 0.4) is 0 Å². The van der Waals surface area contributed by atoms with Gasteiger partial charge >= 0.3 is 5.69 Å². The maximum absolute atomic E-state index is 11.2. The van der Waals surface area contributed by atoms with Crippen LogP contribution >= 0.6 is 0 Å². The monoisotopic (exact) mass is 266 g/mol. The third kappa shape index (κ3) is 4.43. The molecule has 0 bridgehead atoms. The predicted molar refractivity (Wildman–Crippen MR) is 76.9 cm³/mol. The third-order valence-corrected chi connectivity index (χ3v) is 2.77. The van der Waals surface area contributed by atoms with Crippen LogP contribution in [0.4, 0.5) is 11.4 Å². The van der Waals surface area contributed by atoms with E-state index in [1.807, 2.05) is 13.8 Å². The summed E-state index contributed by atoms with van der Waals surface area (Å²) in [7, 11) is 0. The molecule has 0 radical (unpaired) electrons. The highest BCUT2D eigenvalue weighted by Gasteiger charge is 2.21. The lowest BCUT2D eigenvalue weighted by molar-refractivity contribution is -0.385. The molecule has 1 unspecified atom stereocenters. The Kier molecular flexibility index (Phi) is 6.12. The number of nitro benzene ring substituents is 1. The van der Waals surface area contributed by atoms with Crippen LogP contribution in [0.2, 0.25) is 0 Å². The molecule has 5 nitrogen and oxygen atoms in total. The standard InChI is InChI=1S/C14H22N2O3/c1-4-7-11(3)19-13-9-6-8-12(15-10-5-2)14(13)16(17)18/h6,8-9,11,15H,4-5,7,10H2,1-3H3. The van der Waals surface area contributed by atoms with Crippen molar-refractivity contribution in [1.82, 2.24) is 0 Å². The highest BCUT2D eigenvalue weighted by molar-refractivity contribution is 5.68. The molecule has 0 saturated heterocycles. The van der Waals surface area contributed by atoms with Gasteiger partial charge in [0.2, 0.25) is 0 Å². The Hall–Kier alpha value is -1.78. The zero-order valence-electron chi connectivity index (χ0n) is 11.8. The van der Waals surface area contributed by atoms with E-state index in [9.17, 15) is 10.1 Å². The Morgan fingerprint density at radius 2 is 2.11 bits per heavy atom. The summed E-state index contributed by atoms with van der Waals surface area (Å²) in [6.45, 7) is 6.71. The van der Waals surface area contributed by atoms with Crippen molar-refractivity contribution in [3.8, 4) is 5.75 Å². The molecular formula is C14H22N2O3. The summed E-state index contributed by atoms with van der Waals surface area (Å²) in [5.74, 6) is 0.340. The molecule has 0 aliphatic rings. The van der Waals surface area contributed by atoms with Crippen LogP contribution in [0.15, 0.2) is 18.2 Å². The first kappa shape index (κ1) is 15.3. The second-order valence-electron chi connectivity index (χ2n) is 4.55. The molecule has 106 valence electrons. The predicted octanol–water partition coefficient (Wildman–Crippen LogP) is 3.98. The minimum absolute atomic E-state index is 0.0230. The van der Waals surface area contributed by atoms with Gasteiger partial charge in [0, 0.05) is 6.54 Å². The number of anilines is 1. The molecular weight excluding hydrogens is 244 g/mol. The van der Waals surface area contributed by atoms with Gasteiger partial charge in [-0.15, -0.1) is 0 Å². The number of nitro groups is 1. The number of hydrogen-bond acceptors (Lipinski definition) is 4. The number of nitrogens with zero attached hydrogens (tertiary/aromatic N) is 1. The summed E-state index contributed by atoms with van der Waals surface area (Å²) in [6.07, 6.45) is 2.76. The summed E-state index contributed by atoms with van der Waals surface area (Å²) in [6, 6.07) is 5.14. The van der Waals surface area contributed by atoms with Crippen LogP contribution in [-0.4, -0.2) is 17.6 Å². The molecule has 0 aromatic heterocycles. The summed E-state index contributed by atoms with van der Waals surface area (Å²) in [4.78, 5) is 10.8. The van der Waals surface area contributed by atoms with Gasteiger partial charge in [0.05, 0.1) is 11.0 Å². The average Bonchev–Trinajstić information content (AvgIpc) is 2.36. The van der Waals surface area contributed by atoms with Gasteiger partial charge in [-0.05, 0) is 31.9 Å². The second-order valence-corrected chi connectivity index (χ2v) is 4.55. The van der Waals surface area contributed by atoms with E-state index in [2.05, 4.69) is 12.2 Å². The van der Waals surface area contributed by atoms with Gasteiger partial charge in [-0.2, -0.15) is 0 Å². The Labute approximate surface area is 114 Å². The van der Waals surface area contributed by atoms with E-state index in [0.29, 0.717) is 18.0 Å². The molecule has 1 rings (SSSR count). The number of ether oxygens (including phenoxy) is 1. The van der Waals surface area contributed by atoms with Gasteiger partial charge in [0.25, 0.3) is 0 Å². The van der Waals surface area contributed by atoms with Crippen molar-refractivity contribution >= 4 is 11.4 Å².